The van der Waals surface area contributed by atoms with Crippen molar-refractivity contribution in [1.29, 1.82) is 0 Å². The number of rotatable bonds is 7. The van der Waals surface area contributed by atoms with Crippen LogP contribution in [0.1, 0.15) is 18.5 Å². The summed E-state index contributed by atoms with van der Waals surface area (Å²) in [7, 11) is 0. The van der Waals surface area contributed by atoms with Gasteiger partial charge in [0.25, 0.3) is 6.29 Å². The summed E-state index contributed by atoms with van der Waals surface area (Å²) in [4.78, 5) is 29.4. The highest BCUT2D eigenvalue weighted by atomic mass is 32.1. The van der Waals surface area contributed by atoms with Crippen molar-refractivity contribution in [2.75, 3.05) is 12.3 Å². The molecule has 7 nitrogen and oxygen atoms in total. The summed E-state index contributed by atoms with van der Waals surface area (Å²) in [5.74, 6) is -0.910. The topological polar surface area (TPSA) is 115 Å². The lowest BCUT2D eigenvalue weighted by Gasteiger charge is -1.97. The molecule has 91 valence electrons. The Labute approximate surface area is 101 Å². The van der Waals surface area contributed by atoms with Crippen LogP contribution in [0.2, 0.25) is 0 Å². The minimum absolute atomic E-state index is 0.0146. The molecule has 0 aliphatic heterocycles. The van der Waals surface area contributed by atoms with Gasteiger partial charge < -0.3 is 15.7 Å². The molecule has 0 fully saturated rings. The van der Waals surface area contributed by atoms with E-state index in [1.54, 1.807) is 11.7 Å². The Kier molecular flexibility index (Phi) is 5.08. The predicted octanol–water partition coefficient (Wildman–Crippen LogP) is 0.420. The number of oxime groups is 1. The Bertz CT molecular complexity index is 430. The Morgan fingerprint density at radius 3 is 3.00 bits per heavy atom. The second-order valence-electron chi connectivity index (χ2n) is 2.94. The smallest absolute Gasteiger partial charge is 0.303 e. The van der Waals surface area contributed by atoms with E-state index in [1.807, 2.05) is 0 Å². The lowest BCUT2D eigenvalue weighted by Crippen LogP contribution is -2.05. The first kappa shape index (κ1) is 13.1. The number of hydrogen-bond acceptors (Lipinski definition) is 7. The van der Waals surface area contributed by atoms with Gasteiger partial charge in [-0.3, -0.25) is 9.59 Å². The van der Waals surface area contributed by atoms with E-state index in [4.69, 9.17) is 15.7 Å². The van der Waals surface area contributed by atoms with E-state index >= 15 is 0 Å². The molecule has 3 N–H and O–H groups in total. The van der Waals surface area contributed by atoms with Crippen LogP contribution in [0, 0.1) is 0 Å². The summed E-state index contributed by atoms with van der Waals surface area (Å²) in [6, 6.07) is 0. The molecular formula is C9H10N3O4S. The Morgan fingerprint density at radius 1 is 1.71 bits per heavy atom. The summed E-state index contributed by atoms with van der Waals surface area (Å²) in [5.41, 5.74) is 5.60. The number of carboxylic acid groups (broad SMARTS) is 1. The fraction of sp³-hybridized carbons (Fsp3) is 0.333. The lowest BCUT2D eigenvalue weighted by atomic mass is 10.3. The van der Waals surface area contributed by atoms with E-state index in [0.29, 0.717) is 17.2 Å². The summed E-state index contributed by atoms with van der Waals surface area (Å²) in [6.45, 7) is 0.108. The van der Waals surface area contributed by atoms with Gasteiger partial charge in [-0.1, -0.05) is 5.16 Å². The second-order valence-corrected chi connectivity index (χ2v) is 3.83. The molecule has 0 aromatic carbocycles. The SMILES string of the molecule is Nc1nc(/C([C]=O)=N\OCCCC(=O)O)cs1. The molecule has 0 atom stereocenters. The van der Waals surface area contributed by atoms with Crippen molar-refractivity contribution in [3.05, 3.63) is 11.1 Å². The number of carbonyl (C=O) groups is 1. The van der Waals surface area contributed by atoms with Gasteiger partial charge in [-0.25, -0.2) is 4.98 Å². The molecule has 8 heteroatoms. The van der Waals surface area contributed by atoms with Gasteiger partial charge in [0, 0.05) is 11.8 Å². The molecular weight excluding hydrogens is 246 g/mol. The summed E-state index contributed by atoms with van der Waals surface area (Å²) >= 11 is 1.17. The van der Waals surface area contributed by atoms with Crippen molar-refractivity contribution in [3.8, 4) is 0 Å². The standard InChI is InChI=1S/C9H10N3O4S/c10-9-11-7(5-17-9)6(4-13)12-16-3-1-2-8(14)15/h5H,1-3H2,(H2,10,11)(H,14,15)/b12-6-. The molecule has 1 heterocycles. The quantitative estimate of drug-likeness (QED) is 0.415. The largest absolute Gasteiger partial charge is 0.481 e. The molecule has 1 rings (SSSR count). The van der Waals surface area contributed by atoms with Gasteiger partial charge >= 0.3 is 5.97 Å². The first-order valence-electron chi connectivity index (χ1n) is 4.64. The summed E-state index contributed by atoms with van der Waals surface area (Å²) < 4.78 is 0. The van der Waals surface area contributed by atoms with Gasteiger partial charge in [-0.2, -0.15) is 0 Å². The number of carboxylic acids is 1. The average Bonchev–Trinajstić information content (AvgIpc) is 2.70. The van der Waals surface area contributed by atoms with Crippen LogP contribution in [0.25, 0.3) is 0 Å². The van der Waals surface area contributed by atoms with Gasteiger partial charge in [0.2, 0.25) is 0 Å². The maximum absolute atomic E-state index is 10.6. The van der Waals surface area contributed by atoms with Crippen molar-refractivity contribution >= 4 is 34.4 Å². The van der Waals surface area contributed by atoms with Crippen molar-refractivity contribution in [2.24, 2.45) is 5.16 Å². The van der Waals surface area contributed by atoms with Crippen molar-refractivity contribution in [2.45, 2.75) is 12.8 Å². The monoisotopic (exact) mass is 256 g/mol. The minimum Gasteiger partial charge on any atom is -0.481 e. The number of nitrogens with zero attached hydrogens (tertiary/aromatic N) is 2. The number of aliphatic carboxylic acids is 1. The molecule has 0 spiro atoms. The number of hydrogen-bond donors (Lipinski definition) is 2. The minimum atomic E-state index is -0.910. The third-order valence-corrected chi connectivity index (χ3v) is 2.32. The Hall–Kier alpha value is -1.96. The number of thiazole rings is 1. The third-order valence-electron chi connectivity index (χ3n) is 1.64. The van der Waals surface area contributed by atoms with Gasteiger partial charge in [0.15, 0.2) is 10.8 Å². The van der Waals surface area contributed by atoms with E-state index in [-0.39, 0.29) is 18.7 Å². The number of nitrogens with two attached hydrogens (primary N) is 1. The van der Waals surface area contributed by atoms with Crippen LogP contribution in [0.15, 0.2) is 10.5 Å². The maximum atomic E-state index is 10.6. The molecule has 0 aliphatic carbocycles. The summed E-state index contributed by atoms with van der Waals surface area (Å²) in [6.07, 6.45) is 1.87. The van der Waals surface area contributed by atoms with Crippen LogP contribution >= 0.6 is 11.3 Å². The molecule has 1 aromatic heterocycles. The zero-order valence-electron chi connectivity index (χ0n) is 8.75. The summed E-state index contributed by atoms with van der Waals surface area (Å²) in [5, 5.41) is 13.8. The van der Waals surface area contributed by atoms with E-state index in [0.717, 1.165) is 0 Å². The van der Waals surface area contributed by atoms with Gasteiger partial charge in [-0.05, 0) is 6.42 Å². The Balaban J connectivity index is 2.45. The van der Waals surface area contributed by atoms with Gasteiger partial charge in [0.1, 0.15) is 12.3 Å². The van der Waals surface area contributed by atoms with Crippen LogP contribution in [-0.4, -0.2) is 34.7 Å². The molecule has 1 radical (unpaired) electrons. The van der Waals surface area contributed by atoms with Crippen molar-refractivity contribution < 1.29 is 19.5 Å². The highest BCUT2D eigenvalue weighted by molar-refractivity contribution is 7.13. The molecule has 0 bridgehead atoms. The second kappa shape index (κ2) is 6.59. The zero-order chi connectivity index (χ0) is 12.7. The highest BCUT2D eigenvalue weighted by Gasteiger charge is 2.08. The first-order valence-corrected chi connectivity index (χ1v) is 5.52. The zero-order valence-corrected chi connectivity index (χ0v) is 9.57. The number of aromatic nitrogens is 1. The van der Waals surface area contributed by atoms with Crippen molar-refractivity contribution in [3.63, 3.8) is 0 Å². The van der Waals surface area contributed by atoms with E-state index in [9.17, 15) is 9.59 Å². The number of anilines is 1. The average molecular weight is 256 g/mol. The molecule has 1 aromatic rings. The van der Waals surface area contributed by atoms with Crippen LogP contribution in [0.4, 0.5) is 5.13 Å². The highest BCUT2D eigenvalue weighted by Crippen LogP contribution is 2.11. The predicted molar refractivity (Wildman–Crippen MR) is 61.6 cm³/mol. The molecule has 0 unspecified atom stereocenters. The van der Waals surface area contributed by atoms with Gasteiger partial charge in [-0.15, -0.1) is 11.3 Å². The fourth-order valence-electron chi connectivity index (χ4n) is 0.912. The third kappa shape index (κ3) is 4.60. The fourth-order valence-corrected chi connectivity index (χ4v) is 1.46. The molecule has 0 saturated carbocycles. The van der Waals surface area contributed by atoms with E-state index < -0.39 is 5.97 Å². The number of carbonyl (C=O) groups excluding carboxylic acids is 1. The van der Waals surface area contributed by atoms with Crippen LogP contribution in [0.3, 0.4) is 0 Å². The lowest BCUT2D eigenvalue weighted by molar-refractivity contribution is -0.137. The molecule has 17 heavy (non-hydrogen) atoms. The van der Waals surface area contributed by atoms with E-state index in [2.05, 4.69) is 10.1 Å². The molecule has 0 saturated heterocycles. The van der Waals surface area contributed by atoms with Crippen molar-refractivity contribution in [1.82, 2.24) is 4.98 Å². The first-order chi connectivity index (χ1) is 8.13. The molecule has 0 amide bonds. The maximum Gasteiger partial charge on any atom is 0.303 e. The molecule has 0 aliphatic rings. The Morgan fingerprint density at radius 2 is 2.47 bits per heavy atom. The number of nitrogen functional groups attached to an aromatic ring is 1. The van der Waals surface area contributed by atoms with E-state index in [1.165, 1.54) is 11.3 Å². The van der Waals surface area contributed by atoms with Crippen LogP contribution in [0.5, 0.6) is 0 Å². The normalized spacial score (nSPS) is 11.2. The van der Waals surface area contributed by atoms with Crippen LogP contribution in [-0.2, 0) is 14.4 Å². The van der Waals surface area contributed by atoms with Gasteiger partial charge in [0.05, 0.1) is 0 Å². The van der Waals surface area contributed by atoms with Crippen LogP contribution < -0.4 is 5.73 Å².